The monoisotopic (exact) mass is 596 g/mol. The number of nitrogens with zero attached hydrogens (tertiary/aromatic N) is 2. The lowest BCUT2D eigenvalue weighted by Crippen LogP contribution is -2.31. The van der Waals surface area contributed by atoms with Gasteiger partial charge in [-0.25, -0.2) is 22.1 Å². The van der Waals surface area contributed by atoms with Crippen LogP contribution in [0.1, 0.15) is 17.3 Å². The number of thiazole rings is 1. The molecule has 0 radical (unpaired) electrons. The van der Waals surface area contributed by atoms with Crippen molar-refractivity contribution in [1.82, 2.24) is 4.98 Å². The van der Waals surface area contributed by atoms with Crippen molar-refractivity contribution in [1.29, 1.82) is 0 Å². The van der Waals surface area contributed by atoms with E-state index in [0.717, 1.165) is 15.6 Å². The second kappa shape index (κ2) is 11.7. The molecule has 0 saturated heterocycles. The molecule has 38 heavy (non-hydrogen) atoms. The van der Waals surface area contributed by atoms with E-state index in [9.17, 15) is 12.8 Å². The van der Waals surface area contributed by atoms with E-state index in [1.165, 1.54) is 44.7 Å². The van der Waals surface area contributed by atoms with Crippen LogP contribution in [0, 0.1) is 5.82 Å². The van der Waals surface area contributed by atoms with Crippen LogP contribution < -0.4 is 24.8 Å². The average Bonchev–Trinajstić information content (AvgIpc) is 3.43. The molecule has 0 unspecified atom stereocenters. The number of aromatic nitrogens is 1. The molecule has 0 aliphatic heterocycles. The third kappa shape index (κ3) is 5.82. The van der Waals surface area contributed by atoms with E-state index >= 15 is 0 Å². The van der Waals surface area contributed by atoms with Crippen molar-refractivity contribution in [3.05, 3.63) is 93.2 Å². The second-order valence-corrected chi connectivity index (χ2v) is 11.5. The highest BCUT2D eigenvalue weighted by Crippen LogP contribution is 2.38. The van der Waals surface area contributed by atoms with Crippen LogP contribution in [0.5, 0.6) is 11.5 Å². The molecule has 0 saturated carbocycles. The van der Waals surface area contributed by atoms with Gasteiger partial charge in [-0.1, -0.05) is 41.4 Å². The minimum atomic E-state index is -4.21. The van der Waals surface area contributed by atoms with Gasteiger partial charge >= 0.3 is 0 Å². The van der Waals surface area contributed by atoms with Gasteiger partial charge in [0.25, 0.3) is 10.0 Å². The summed E-state index contributed by atoms with van der Waals surface area (Å²) in [5.74, 6) is 0.496. The average molecular weight is 598 g/mol. The van der Waals surface area contributed by atoms with Crippen LogP contribution in [-0.2, 0) is 16.6 Å². The van der Waals surface area contributed by atoms with Crippen LogP contribution in [0.4, 0.5) is 15.2 Å². The molecule has 200 valence electrons. The van der Waals surface area contributed by atoms with Gasteiger partial charge in [-0.15, -0.1) is 11.3 Å². The molecule has 0 spiro atoms. The van der Waals surface area contributed by atoms with Gasteiger partial charge in [0.2, 0.25) is 0 Å². The third-order valence-corrected chi connectivity index (χ3v) is 8.80. The Balaban J connectivity index is 1.70. The van der Waals surface area contributed by atoms with E-state index < -0.39 is 22.0 Å². The molecule has 4 rings (SSSR count). The molecule has 3 N–H and O–H groups in total. The molecule has 4 aromatic rings. The van der Waals surface area contributed by atoms with Crippen LogP contribution in [0.25, 0.3) is 0 Å². The maximum atomic E-state index is 14.2. The first-order valence-electron chi connectivity index (χ1n) is 11.0. The fourth-order valence-electron chi connectivity index (χ4n) is 3.66. The predicted octanol–water partition coefficient (Wildman–Crippen LogP) is 6.07. The molecule has 0 aliphatic carbocycles. The van der Waals surface area contributed by atoms with Crippen molar-refractivity contribution in [2.24, 2.45) is 5.73 Å². The largest absolute Gasteiger partial charge is 0.497 e. The van der Waals surface area contributed by atoms with E-state index in [1.807, 2.05) is 0 Å². The summed E-state index contributed by atoms with van der Waals surface area (Å²) in [7, 11) is -1.20. The molecule has 3 aromatic carbocycles. The standard InChI is InChI=1S/C25H23Cl2FN4O4S2/c1-35-16-8-7-15(22(11-16)36-2)14-32(25-30-9-10-37-25)38(33,34)17-12-19(26)23(20(27)13-17)31-24(29)18-5-3-4-6-21(18)28/h3-13,24,31H,14,29H2,1-2H3/t24-/m1/s1. The number of anilines is 2. The Labute approximate surface area is 233 Å². The summed E-state index contributed by atoms with van der Waals surface area (Å²) < 4.78 is 53.8. The Bertz CT molecular complexity index is 1520. The van der Waals surface area contributed by atoms with E-state index in [-0.39, 0.29) is 37.9 Å². The summed E-state index contributed by atoms with van der Waals surface area (Å²) in [4.78, 5) is 4.04. The summed E-state index contributed by atoms with van der Waals surface area (Å²) in [6, 6.07) is 13.6. The smallest absolute Gasteiger partial charge is 0.266 e. The highest BCUT2D eigenvalue weighted by Gasteiger charge is 2.30. The second-order valence-electron chi connectivity index (χ2n) is 7.91. The summed E-state index contributed by atoms with van der Waals surface area (Å²) in [6.45, 7) is -0.0869. The number of nitrogens with one attached hydrogen (secondary N) is 1. The molecule has 1 aromatic heterocycles. The molecular weight excluding hydrogens is 574 g/mol. The number of nitrogens with two attached hydrogens (primary N) is 1. The van der Waals surface area contributed by atoms with E-state index in [2.05, 4.69) is 10.3 Å². The van der Waals surface area contributed by atoms with Crippen LogP contribution in [0.2, 0.25) is 10.0 Å². The Morgan fingerprint density at radius 1 is 1.11 bits per heavy atom. The first kappa shape index (κ1) is 27.9. The molecule has 1 atom stereocenters. The number of ether oxygens (including phenoxy) is 2. The zero-order chi connectivity index (χ0) is 27.4. The molecule has 13 heteroatoms. The van der Waals surface area contributed by atoms with Crippen LogP contribution in [0.15, 0.2) is 71.1 Å². The fraction of sp³-hybridized carbons (Fsp3) is 0.160. The van der Waals surface area contributed by atoms with Crippen LogP contribution in [0.3, 0.4) is 0 Å². The summed E-state index contributed by atoms with van der Waals surface area (Å²) in [6.07, 6.45) is 0.521. The minimum Gasteiger partial charge on any atom is -0.497 e. The van der Waals surface area contributed by atoms with Gasteiger partial charge in [0, 0.05) is 28.8 Å². The molecule has 0 amide bonds. The van der Waals surface area contributed by atoms with Gasteiger partial charge in [0.05, 0.1) is 41.4 Å². The van der Waals surface area contributed by atoms with Crippen LogP contribution in [-0.4, -0.2) is 27.6 Å². The molecule has 1 heterocycles. The van der Waals surface area contributed by atoms with Crippen molar-refractivity contribution in [3.8, 4) is 11.5 Å². The normalized spacial score (nSPS) is 12.2. The van der Waals surface area contributed by atoms with Gasteiger partial charge in [-0.2, -0.15) is 0 Å². The molecule has 0 bridgehead atoms. The van der Waals surface area contributed by atoms with Gasteiger partial charge in [0.15, 0.2) is 5.13 Å². The molecule has 0 aliphatic rings. The summed E-state index contributed by atoms with van der Waals surface area (Å²) >= 11 is 14.1. The quantitative estimate of drug-likeness (QED) is 0.214. The van der Waals surface area contributed by atoms with Crippen LogP contribution >= 0.6 is 34.5 Å². The molecule has 8 nitrogen and oxygen atoms in total. The number of hydrogen-bond acceptors (Lipinski definition) is 8. The lowest BCUT2D eigenvalue weighted by molar-refractivity contribution is 0.391. The topological polar surface area (TPSA) is 107 Å². The Hall–Kier alpha value is -3.09. The summed E-state index contributed by atoms with van der Waals surface area (Å²) in [5.41, 5.74) is 7.06. The molecular formula is C25H23Cl2FN4O4S2. The third-order valence-electron chi connectivity index (χ3n) is 5.58. The van der Waals surface area contributed by atoms with E-state index in [0.29, 0.717) is 17.1 Å². The Morgan fingerprint density at radius 2 is 1.82 bits per heavy atom. The van der Waals surface area contributed by atoms with Gasteiger partial charge in [0.1, 0.15) is 23.5 Å². The Kier molecular flexibility index (Phi) is 8.64. The number of halogens is 3. The SMILES string of the molecule is COc1ccc(CN(c2nccs2)S(=O)(=O)c2cc(Cl)c(N[C@@H](N)c3ccccc3F)c(Cl)c2)c(OC)c1. The minimum absolute atomic E-state index is 0.0102. The number of rotatable bonds is 10. The van der Waals surface area contributed by atoms with Crippen molar-refractivity contribution < 1.29 is 22.3 Å². The van der Waals surface area contributed by atoms with E-state index in [4.69, 9.17) is 38.4 Å². The number of hydrogen-bond donors (Lipinski definition) is 2. The maximum Gasteiger partial charge on any atom is 0.266 e. The Morgan fingerprint density at radius 3 is 2.42 bits per heavy atom. The van der Waals surface area contributed by atoms with Crippen molar-refractivity contribution in [2.45, 2.75) is 17.6 Å². The predicted molar refractivity (Wildman–Crippen MR) is 148 cm³/mol. The fourth-order valence-corrected chi connectivity index (χ4v) is 6.70. The first-order valence-corrected chi connectivity index (χ1v) is 14.1. The highest BCUT2D eigenvalue weighted by molar-refractivity contribution is 7.93. The van der Waals surface area contributed by atoms with Crippen molar-refractivity contribution in [3.63, 3.8) is 0 Å². The lowest BCUT2D eigenvalue weighted by atomic mass is 10.1. The zero-order valence-corrected chi connectivity index (χ0v) is 23.3. The number of benzene rings is 3. The number of sulfonamides is 1. The molecule has 0 fully saturated rings. The van der Waals surface area contributed by atoms with Gasteiger partial charge in [-0.05, 0) is 30.3 Å². The van der Waals surface area contributed by atoms with E-state index in [1.54, 1.807) is 35.7 Å². The maximum absolute atomic E-state index is 14.2. The zero-order valence-electron chi connectivity index (χ0n) is 20.2. The van der Waals surface area contributed by atoms with Gasteiger partial charge < -0.3 is 20.5 Å². The van der Waals surface area contributed by atoms with Crippen molar-refractivity contribution >= 4 is 55.4 Å². The summed E-state index contributed by atoms with van der Waals surface area (Å²) in [5, 5.41) is 4.75. The number of methoxy groups -OCH3 is 2. The highest BCUT2D eigenvalue weighted by atomic mass is 35.5. The lowest BCUT2D eigenvalue weighted by Gasteiger charge is -2.24. The first-order chi connectivity index (χ1) is 18.1. The van der Waals surface area contributed by atoms with Crippen molar-refractivity contribution in [2.75, 3.05) is 23.8 Å². The van der Waals surface area contributed by atoms with Gasteiger partial charge in [-0.3, -0.25) is 0 Å².